The van der Waals surface area contributed by atoms with Gasteiger partial charge in [0.05, 0.1) is 18.2 Å². The molecule has 1 aliphatic heterocycles. The van der Waals surface area contributed by atoms with E-state index in [0.717, 1.165) is 21.7 Å². The van der Waals surface area contributed by atoms with Crippen LogP contribution in [-0.2, 0) is 22.7 Å². The molecular weight excluding hydrogens is 416 g/mol. The summed E-state index contributed by atoms with van der Waals surface area (Å²) in [5, 5.41) is 2.54. The number of carbonyl (C=O) groups excluding carboxylic acids is 2. The summed E-state index contributed by atoms with van der Waals surface area (Å²) in [7, 11) is 0. The van der Waals surface area contributed by atoms with E-state index in [0.29, 0.717) is 13.1 Å². The van der Waals surface area contributed by atoms with Crippen LogP contribution in [0.1, 0.15) is 29.2 Å². The summed E-state index contributed by atoms with van der Waals surface area (Å²) >= 11 is 1.49. The summed E-state index contributed by atoms with van der Waals surface area (Å²) in [6.07, 6.45) is 0. The second-order valence-electron chi connectivity index (χ2n) is 8.41. The first-order valence-electron chi connectivity index (χ1n) is 10.9. The number of anilines is 1. The molecule has 2 amide bonds. The zero-order chi connectivity index (χ0) is 22.7. The molecule has 32 heavy (non-hydrogen) atoms. The highest BCUT2D eigenvalue weighted by atomic mass is 32.2. The molecule has 0 saturated carbocycles. The molecule has 1 aliphatic rings. The number of benzene rings is 3. The topological polar surface area (TPSA) is 49.4 Å². The Morgan fingerprint density at radius 3 is 2.19 bits per heavy atom. The van der Waals surface area contributed by atoms with Gasteiger partial charge in [-0.15, -0.1) is 11.8 Å². The Hall–Kier alpha value is -3.05. The summed E-state index contributed by atoms with van der Waals surface area (Å²) in [6.45, 7) is 6.88. The van der Waals surface area contributed by atoms with Crippen LogP contribution in [0.15, 0.2) is 77.7 Å². The van der Waals surface area contributed by atoms with Crippen LogP contribution in [0.4, 0.5) is 5.69 Å². The van der Waals surface area contributed by atoms with Crippen molar-refractivity contribution in [3.8, 4) is 0 Å². The molecule has 5 heteroatoms. The number of nitrogens with one attached hydrogen (secondary N) is 1. The Balaban J connectivity index is 1.51. The van der Waals surface area contributed by atoms with E-state index in [1.54, 1.807) is 0 Å². The van der Waals surface area contributed by atoms with Crippen molar-refractivity contribution in [2.45, 2.75) is 44.0 Å². The number of hydrogen-bond donors (Lipinski definition) is 1. The van der Waals surface area contributed by atoms with Crippen molar-refractivity contribution in [1.29, 1.82) is 0 Å². The number of aryl methyl sites for hydroxylation is 2. The minimum atomic E-state index is -0.464. The molecule has 3 aromatic rings. The van der Waals surface area contributed by atoms with Gasteiger partial charge in [-0.25, -0.2) is 0 Å². The Morgan fingerprint density at radius 1 is 0.938 bits per heavy atom. The van der Waals surface area contributed by atoms with Gasteiger partial charge in [-0.05, 0) is 37.1 Å². The SMILES string of the molecule is Cc1ccc(CNC(=O)[C@H](C)[C@H]2Sc3ccccc3N(Cc3ccc(C)cc3)C2=O)cc1. The van der Waals surface area contributed by atoms with Crippen LogP contribution in [0, 0.1) is 19.8 Å². The normalized spacial score (nSPS) is 16.4. The van der Waals surface area contributed by atoms with Gasteiger partial charge in [0, 0.05) is 11.4 Å². The van der Waals surface area contributed by atoms with Gasteiger partial charge in [0.1, 0.15) is 5.25 Å². The van der Waals surface area contributed by atoms with Gasteiger partial charge >= 0.3 is 0 Å². The second-order valence-corrected chi connectivity index (χ2v) is 9.59. The fraction of sp³-hybridized carbons (Fsp3) is 0.259. The third-order valence-corrected chi connectivity index (χ3v) is 7.30. The summed E-state index contributed by atoms with van der Waals surface area (Å²) in [5.41, 5.74) is 5.40. The highest BCUT2D eigenvalue weighted by molar-refractivity contribution is 8.01. The third-order valence-electron chi connectivity index (χ3n) is 5.84. The maximum absolute atomic E-state index is 13.5. The largest absolute Gasteiger partial charge is 0.352 e. The molecule has 0 fully saturated rings. The Bertz CT molecular complexity index is 1110. The van der Waals surface area contributed by atoms with Gasteiger partial charge in [-0.3, -0.25) is 9.59 Å². The lowest BCUT2D eigenvalue weighted by molar-refractivity contribution is -0.128. The fourth-order valence-electron chi connectivity index (χ4n) is 3.79. The predicted octanol–water partition coefficient (Wildman–Crippen LogP) is 5.26. The van der Waals surface area contributed by atoms with E-state index < -0.39 is 11.2 Å². The Morgan fingerprint density at radius 2 is 1.53 bits per heavy atom. The van der Waals surface area contributed by atoms with E-state index in [1.807, 2.05) is 67.3 Å². The number of carbonyl (C=O) groups is 2. The molecule has 1 N–H and O–H groups in total. The fourth-order valence-corrected chi connectivity index (χ4v) is 5.07. The van der Waals surface area contributed by atoms with E-state index in [2.05, 4.69) is 36.5 Å². The average Bonchev–Trinajstić information content (AvgIpc) is 2.81. The molecule has 0 unspecified atom stereocenters. The van der Waals surface area contributed by atoms with Crippen LogP contribution in [0.2, 0.25) is 0 Å². The van der Waals surface area contributed by atoms with Crippen LogP contribution in [0.5, 0.6) is 0 Å². The van der Waals surface area contributed by atoms with Crippen LogP contribution in [0.25, 0.3) is 0 Å². The lowest BCUT2D eigenvalue weighted by Gasteiger charge is -2.35. The number of hydrogen-bond acceptors (Lipinski definition) is 3. The zero-order valence-electron chi connectivity index (χ0n) is 18.7. The maximum Gasteiger partial charge on any atom is 0.241 e. The molecule has 3 aromatic carbocycles. The molecule has 0 aliphatic carbocycles. The first-order valence-corrected chi connectivity index (χ1v) is 11.8. The molecule has 1 heterocycles. The van der Waals surface area contributed by atoms with Crippen molar-refractivity contribution in [3.05, 3.63) is 95.1 Å². The van der Waals surface area contributed by atoms with Gasteiger partial charge in [0.15, 0.2) is 0 Å². The second kappa shape index (κ2) is 9.61. The van der Waals surface area contributed by atoms with E-state index in [-0.39, 0.29) is 11.8 Å². The number of fused-ring (bicyclic) bond motifs is 1. The van der Waals surface area contributed by atoms with Crippen molar-refractivity contribution in [1.82, 2.24) is 5.32 Å². The molecule has 0 saturated heterocycles. The minimum Gasteiger partial charge on any atom is -0.352 e. The molecule has 0 radical (unpaired) electrons. The summed E-state index contributed by atoms with van der Waals surface area (Å²) in [4.78, 5) is 29.3. The van der Waals surface area contributed by atoms with Crippen LogP contribution in [-0.4, -0.2) is 17.1 Å². The molecule has 0 aromatic heterocycles. The molecule has 4 nitrogen and oxygen atoms in total. The zero-order valence-corrected chi connectivity index (χ0v) is 19.5. The molecule has 164 valence electrons. The third kappa shape index (κ3) is 4.89. The number of thioether (sulfide) groups is 1. The Labute approximate surface area is 194 Å². The molecular formula is C27H28N2O2S. The number of para-hydroxylation sites is 1. The highest BCUT2D eigenvalue weighted by Gasteiger charge is 2.39. The summed E-state index contributed by atoms with van der Waals surface area (Å²) in [5.74, 6) is -0.579. The van der Waals surface area contributed by atoms with Crippen LogP contribution >= 0.6 is 11.8 Å². The van der Waals surface area contributed by atoms with Crippen molar-refractivity contribution in [2.24, 2.45) is 5.92 Å². The molecule has 0 spiro atoms. The maximum atomic E-state index is 13.5. The number of rotatable bonds is 6. The molecule has 0 bridgehead atoms. The van der Waals surface area contributed by atoms with E-state index >= 15 is 0 Å². The van der Waals surface area contributed by atoms with Crippen molar-refractivity contribution >= 4 is 29.3 Å². The van der Waals surface area contributed by atoms with Crippen molar-refractivity contribution in [3.63, 3.8) is 0 Å². The van der Waals surface area contributed by atoms with Crippen molar-refractivity contribution < 1.29 is 9.59 Å². The number of amides is 2. The molecule has 4 rings (SSSR count). The van der Waals surface area contributed by atoms with Crippen molar-refractivity contribution in [2.75, 3.05) is 4.90 Å². The average molecular weight is 445 g/mol. The van der Waals surface area contributed by atoms with Crippen LogP contribution in [0.3, 0.4) is 0 Å². The first-order chi connectivity index (χ1) is 15.4. The standard InChI is InChI=1S/C27H28N2O2S/c1-18-8-12-21(13-9-18)16-28-26(30)20(3)25-27(31)29(17-22-14-10-19(2)11-15-22)23-6-4-5-7-24(23)32-25/h4-15,20,25H,16-17H2,1-3H3,(H,28,30)/t20-,25-/m1/s1. The lowest BCUT2D eigenvalue weighted by atomic mass is 10.0. The monoisotopic (exact) mass is 444 g/mol. The van der Waals surface area contributed by atoms with Gasteiger partial charge in [0.2, 0.25) is 11.8 Å². The smallest absolute Gasteiger partial charge is 0.241 e. The number of nitrogens with zero attached hydrogens (tertiary/aromatic N) is 1. The highest BCUT2D eigenvalue weighted by Crippen LogP contribution is 2.42. The van der Waals surface area contributed by atoms with Gasteiger partial charge in [-0.2, -0.15) is 0 Å². The van der Waals surface area contributed by atoms with E-state index in [9.17, 15) is 9.59 Å². The minimum absolute atomic E-state index is 0.0211. The predicted molar refractivity (Wildman–Crippen MR) is 131 cm³/mol. The summed E-state index contributed by atoms with van der Waals surface area (Å²) < 4.78 is 0. The van der Waals surface area contributed by atoms with E-state index in [4.69, 9.17) is 0 Å². The Kier molecular flexibility index (Phi) is 6.66. The first kappa shape index (κ1) is 22.2. The van der Waals surface area contributed by atoms with Gasteiger partial charge in [-0.1, -0.05) is 78.7 Å². The van der Waals surface area contributed by atoms with Gasteiger partial charge < -0.3 is 10.2 Å². The molecule has 2 atom stereocenters. The quantitative estimate of drug-likeness (QED) is 0.564. The lowest BCUT2D eigenvalue weighted by Crippen LogP contribution is -2.47. The van der Waals surface area contributed by atoms with Gasteiger partial charge in [0.25, 0.3) is 0 Å². The summed E-state index contributed by atoms with van der Waals surface area (Å²) in [6, 6.07) is 24.3. The van der Waals surface area contributed by atoms with E-state index in [1.165, 1.54) is 22.9 Å². The van der Waals surface area contributed by atoms with Crippen LogP contribution < -0.4 is 10.2 Å².